The first kappa shape index (κ1) is 13.3. The Labute approximate surface area is 105 Å². The molecule has 0 radical (unpaired) electrons. The van der Waals surface area contributed by atoms with Crippen LogP contribution >= 0.6 is 0 Å². The number of piperidine rings is 1. The van der Waals surface area contributed by atoms with Gasteiger partial charge in [-0.25, -0.2) is 8.42 Å². The number of hydrogen-bond donors (Lipinski definition) is 1. The van der Waals surface area contributed by atoms with E-state index in [4.69, 9.17) is 0 Å². The lowest BCUT2D eigenvalue weighted by atomic mass is 10.1. The maximum absolute atomic E-state index is 12.6. The largest absolute Gasteiger partial charge is 0.315 e. The van der Waals surface area contributed by atoms with E-state index in [9.17, 15) is 8.42 Å². The van der Waals surface area contributed by atoms with Crippen LogP contribution < -0.4 is 5.32 Å². The Balaban J connectivity index is 2.11. The fourth-order valence-corrected chi connectivity index (χ4v) is 5.06. The molecule has 4 nitrogen and oxygen atoms in total. The number of hydrogen-bond acceptors (Lipinski definition) is 3. The van der Waals surface area contributed by atoms with Crippen LogP contribution in [0.25, 0.3) is 0 Å². The minimum Gasteiger partial charge on any atom is -0.315 e. The van der Waals surface area contributed by atoms with Crippen molar-refractivity contribution in [1.82, 2.24) is 9.62 Å². The van der Waals surface area contributed by atoms with E-state index in [0.29, 0.717) is 6.54 Å². The number of nitrogens with one attached hydrogen (secondary N) is 1. The monoisotopic (exact) mass is 260 g/mol. The van der Waals surface area contributed by atoms with Gasteiger partial charge in [0.05, 0.1) is 5.25 Å². The third-order valence-corrected chi connectivity index (χ3v) is 6.43. The third kappa shape index (κ3) is 3.01. The SMILES string of the molecule is CC1CCCCCN1S(=O)(=O)C1CCCNC1. The second-order valence-corrected chi connectivity index (χ2v) is 7.49. The van der Waals surface area contributed by atoms with Gasteiger partial charge in [0.2, 0.25) is 10.0 Å². The van der Waals surface area contributed by atoms with Crippen molar-refractivity contribution >= 4 is 10.0 Å². The fraction of sp³-hybridized carbons (Fsp3) is 1.00. The van der Waals surface area contributed by atoms with Crippen LogP contribution in [0.15, 0.2) is 0 Å². The molecule has 2 unspecified atom stereocenters. The molecule has 0 saturated carbocycles. The number of nitrogens with zero attached hydrogens (tertiary/aromatic N) is 1. The molecule has 2 atom stereocenters. The van der Waals surface area contributed by atoms with E-state index < -0.39 is 10.0 Å². The smallest absolute Gasteiger partial charge is 0.218 e. The van der Waals surface area contributed by atoms with Gasteiger partial charge in [0.15, 0.2) is 0 Å². The molecular weight excluding hydrogens is 236 g/mol. The summed E-state index contributed by atoms with van der Waals surface area (Å²) in [4.78, 5) is 0. The molecular formula is C12H24N2O2S. The van der Waals surface area contributed by atoms with Crippen LogP contribution in [0.3, 0.4) is 0 Å². The highest BCUT2D eigenvalue weighted by molar-refractivity contribution is 7.89. The molecule has 0 spiro atoms. The molecule has 2 fully saturated rings. The maximum Gasteiger partial charge on any atom is 0.218 e. The van der Waals surface area contributed by atoms with Crippen molar-refractivity contribution in [3.63, 3.8) is 0 Å². The van der Waals surface area contributed by atoms with E-state index in [1.54, 1.807) is 4.31 Å². The Morgan fingerprint density at radius 1 is 1.12 bits per heavy atom. The highest BCUT2D eigenvalue weighted by atomic mass is 32.2. The van der Waals surface area contributed by atoms with Crippen LogP contribution in [0.5, 0.6) is 0 Å². The Kier molecular flexibility index (Phi) is 4.44. The van der Waals surface area contributed by atoms with E-state index >= 15 is 0 Å². The summed E-state index contributed by atoms with van der Waals surface area (Å²) in [5.74, 6) is 0. The van der Waals surface area contributed by atoms with Crippen LogP contribution in [0, 0.1) is 0 Å². The van der Waals surface area contributed by atoms with E-state index in [1.165, 1.54) is 6.42 Å². The fourth-order valence-electron chi connectivity index (χ4n) is 2.89. The average Bonchev–Trinajstić information content (AvgIpc) is 2.55. The topological polar surface area (TPSA) is 49.4 Å². The molecule has 2 aliphatic heterocycles. The molecule has 0 aromatic heterocycles. The van der Waals surface area contributed by atoms with Gasteiger partial charge in [0.1, 0.15) is 0 Å². The minimum atomic E-state index is -3.09. The first-order chi connectivity index (χ1) is 8.12. The molecule has 2 aliphatic rings. The van der Waals surface area contributed by atoms with E-state index in [-0.39, 0.29) is 11.3 Å². The first-order valence-corrected chi connectivity index (χ1v) is 8.34. The second kappa shape index (κ2) is 5.67. The molecule has 0 aliphatic carbocycles. The Morgan fingerprint density at radius 2 is 1.94 bits per heavy atom. The molecule has 1 N–H and O–H groups in total. The van der Waals surface area contributed by atoms with Gasteiger partial charge >= 0.3 is 0 Å². The Bertz CT molecular complexity index is 336. The van der Waals surface area contributed by atoms with Crippen LogP contribution in [0.1, 0.15) is 45.4 Å². The van der Waals surface area contributed by atoms with Gasteiger partial charge in [-0.2, -0.15) is 4.31 Å². The number of rotatable bonds is 2. The highest BCUT2D eigenvalue weighted by Gasteiger charge is 2.35. The molecule has 0 bridgehead atoms. The van der Waals surface area contributed by atoms with Gasteiger partial charge in [0, 0.05) is 19.1 Å². The molecule has 2 rings (SSSR count). The van der Waals surface area contributed by atoms with Crippen LogP contribution in [0.2, 0.25) is 0 Å². The normalized spacial score (nSPS) is 33.2. The van der Waals surface area contributed by atoms with Crippen molar-refractivity contribution in [2.75, 3.05) is 19.6 Å². The molecule has 0 aromatic carbocycles. The Hall–Kier alpha value is -0.130. The van der Waals surface area contributed by atoms with Crippen molar-refractivity contribution in [2.24, 2.45) is 0 Å². The summed E-state index contributed by atoms with van der Waals surface area (Å²) in [6, 6.07) is 0.185. The molecule has 17 heavy (non-hydrogen) atoms. The quantitative estimate of drug-likeness (QED) is 0.815. The molecule has 5 heteroatoms. The molecule has 2 saturated heterocycles. The zero-order valence-electron chi connectivity index (χ0n) is 10.7. The van der Waals surface area contributed by atoms with Crippen molar-refractivity contribution in [1.29, 1.82) is 0 Å². The van der Waals surface area contributed by atoms with Gasteiger partial charge in [-0.05, 0) is 39.2 Å². The second-order valence-electron chi connectivity index (χ2n) is 5.32. The zero-order chi connectivity index (χ0) is 12.3. The van der Waals surface area contributed by atoms with E-state index in [0.717, 1.165) is 45.2 Å². The summed E-state index contributed by atoms with van der Waals surface area (Å²) >= 11 is 0. The summed E-state index contributed by atoms with van der Waals surface area (Å²) in [6.07, 6.45) is 6.16. The zero-order valence-corrected chi connectivity index (χ0v) is 11.5. The van der Waals surface area contributed by atoms with Crippen molar-refractivity contribution in [2.45, 2.75) is 56.7 Å². The molecule has 0 aromatic rings. The van der Waals surface area contributed by atoms with Crippen molar-refractivity contribution in [3.05, 3.63) is 0 Å². The van der Waals surface area contributed by atoms with E-state index in [1.807, 2.05) is 0 Å². The highest BCUT2D eigenvalue weighted by Crippen LogP contribution is 2.24. The first-order valence-electron chi connectivity index (χ1n) is 6.84. The molecule has 100 valence electrons. The summed E-state index contributed by atoms with van der Waals surface area (Å²) in [5.41, 5.74) is 0. The van der Waals surface area contributed by atoms with Crippen molar-refractivity contribution in [3.8, 4) is 0 Å². The van der Waals surface area contributed by atoms with Gasteiger partial charge in [-0.1, -0.05) is 12.8 Å². The van der Waals surface area contributed by atoms with Crippen molar-refractivity contribution < 1.29 is 8.42 Å². The standard InChI is InChI=1S/C12H24N2O2S/c1-11-6-3-2-4-9-14(11)17(15,16)12-7-5-8-13-10-12/h11-13H,2-10H2,1H3. The predicted octanol–water partition coefficient (Wildman–Crippen LogP) is 1.33. The van der Waals surface area contributed by atoms with Gasteiger partial charge in [-0.3, -0.25) is 0 Å². The summed E-state index contributed by atoms with van der Waals surface area (Å²) < 4.78 is 27.0. The minimum absolute atomic E-state index is 0.185. The summed E-state index contributed by atoms with van der Waals surface area (Å²) in [7, 11) is -3.09. The van der Waals surface area contributed by atoms with Crippen LogP contribution in [0.4, 0.5) is 0 Å². The Morgan fingerprint density at radius 3 is 2.65 bits per heavy atom. The summed E-state index contributed by atoms with van der Waals surface area (Å²) in [5, 5.41) is 3.01. The van der Waals surface area contributed by atoms with Gasteiger partial charge in [-0.15, -0.1) is 0 Å². The molecule has 0 amide bonds. The van der Waals surface area contributed by atoms with Crippen LogP contribution in [-0.2, 0) is 10.0 Å². The number of sulfonamides is 1. The predicted molar refractivity (Wildman–Crippen MR) is 69.4 cm³/mol. The molecule has 2 heterocycles. The lowest BCUT2D eigenvalue weighted by molar-refractivity contribution is 0.331. The average molecular weight is 260 g/mol. The summed E-state index contributed by atoms with van der Waals surface area (Å²) in [6.45, 7) is 4.37. The third-order valence-electron chi connectivity index (χ3n) is 3.99. The van der Waals surface area contributed by atoms with Gasteiger partial charge in [0.25, 0.3) is 0 Å². The van der Waals surface area contributed by atoms with E-state index in [2.05, 4.69) is 12.2 Å². The lowest BCUT2D eigenvalue weighted by Crippen LogP contribution is -2.49. The lowest BCUT2D eigenvalue weighted by Gasteiger charge is -2.32. The van der Waals surface area contributed by atoms with Crippen LogP contribution in [-0.4, -0.2) is 43.6 Å². The van der Waals surface area contributed by atoms with Gasteiger partial charge < -0.3 is 5.32 Å². The maximum atomic E-state index is 12.6.